The second-order valence-corrected chi connectivity index (χ2v) is 8.19. The van der Waals surface area contributed by atoms with Crippen LogP contribution in [0, 0.1) is 0 Å². The minimum absolute atomic E-state index is 0.194. The highest BCUT2D eigenvalue weighted by Crippen LogP contribution is 2.24. The molecule has 8 heteroatoms. The summed E-state index contributed by atoms with van der Waals surface area (Å²) in [5.74, 6) is 0.623. The maximum absolute atomic E-state index is 10.9. The van der Waals surface area contributed by atoms with Crippen LogP contribution in [0.5, 0.6) is 5.75 Å². The van der Waals surface area contributed by atoms with Gasteiger partial charge in [0.2, 0.25) is 0 Å². The van der Waals surface area contributed by atoms with E-state index in [2.05, 4.69) is 29.0 Å². The number of nitrogens with zero attached hydrogens (tertiary/aromatic N) is 2. The summed E-state index contributed by atoms with van der Waals surface area (Å²) in [6, 6.07) is 14.7. The third-order valence-electron chi connectivity index (χ3n) is 5.28. The largest absolute Gasteiger partial charge is 0.491 e. The number of nitrogens with one attached hydrogen (secondary N) is 1. The number of carbonyl (C=O) groups is 1. The number of β-amino-alcohol motifs (C(OH)–C–C–N with tert-alkyl or cyclic N) is 1. The van der Waals surface area contributed by atoms with Gasteiger partial charge >= 0.3 is 6.03 Å². The Morgan fingerprint density at radius 1 is 1.17 bits per heavy atom. The Bertz CT molecular complexity index is 819. The van der Waals surface area contributed by atoms with Crippen molar-refractivity contribution in [2.45, 2.75) is 32.0 Å². The molecule has 0 radical (unpaired) electrons. The summed E-state index contributed by atoms with van der Waals surface area (Å²) in [6.07, 6.45) is -0.611. The van der Waals surface area contributed by atoms with Gasteiger partial charge in [-0.15, -0.1) is 0 Å². The molecule has 3 rings (SSSR count). The molecule has 0 spiro atoms. The molecule has 2 aromatic carbocycles. The molecule has 1 heterocycles. The van der Waals surface area contributed by atoms with Crippen LogP contribution in [0.3, 0.4) is 0 Å². The lowest BCUT2D eigenvalue weighted by atomic mass is 10.1. The number of primary amides is 1. The van der Waals surface area contributed by atoms with Gasteiger partial charge in [0, 0.05) is 48.1 Å². The van der Waals surface area contributed by atoms with Crippen molar-refractivity contribution in [2.75, 3.05) is 36.5 Å². The predicted molar refractivity (Wildman–Crippen MR) is 120 cm³/mol. The normalized spacial score (nSPS) is 20.6. The first kappa shape index (κ1) is 22.2. The second-order valence-electron chi connectivity index (χ2n) is 7.75. The fourth-order valence-corrected chi connectivity index (χ4v) is 3.97. The minimum atomic E-state index is -0.613. The number of aliphatic hydroxyl groups is 1. The van der Waals surface area contributed by atoms with Crippen LogP contribution in [-0.4, -0.2) is 60.5 Å². The summed E-state index contributed by atoms with van der Waals surface area (Å²) in [6.45, 7) is 6.85. The first-order chi connectivity index (χ1) is 14.3. The van der Waals surface area contributed by atoms with Gasteiger partial charge in [0.1, 0.15) is 18.5 Å². The first-order valence-electron chi connectivity index (χ1n) is 10.1. The Hall–Kier alpha value is -2.48. The van der Waals surface area contributed by atoms with Gasteiger partial charge in [-0.05, 0) is 62.4 Å². The number of benzene rings is 2. The van der Waals surface area contributed by atoms with Gasteiger partial charge in [-0.25, -0.2) is 4.79 Å². The Labute approximate surface area is 182 Å². The van der Waals surface area contributed by atoms with E-state index >= 15 is 0 Å². The van der Waals surface area contributed by atoms with Crippen LogP contribution in [-0.2, 0) is 0 Å². The van der Waals surface area contributed by atoms with Gasteiger partial charge in [-0.2, -0.15) is 0 Å². The highest BCUT2D eigenvalue weighted by atomic mass is 35.5. The van der Waals surface area contributed by atoms with E-state index in [0.29, 0.717) is 30.1 Å². The molecule has 30 heavy (non-hydrogen) atoms. The van der Waals surface area contributed by atoms with E-state index in [9.17, 15) is 9.90 Å². The number of urea groups is 1. The van der Waals surface area contributed by atoms with Crippen molar-refractivity contribution < 1.29 is 14.6 Å². The molecule has 1 aliphatic heterocycles. The topological polar surface area (TPSA) is 91.1 Å². The van der Waals surface area contributed by atoms with E-state index in [1.165, 1.54) is 0 Å². The van der Waals surface area contributed by atoms with E-state index < -0.39 is 12.1 Å². The van der Waals surface area contributed by atoms with Gasteiger partial charge in [0.25, 0.3) is 0 Å². The highest BCUT2D eigenvalue weighted by molar-refractivity contribution is 6.30. The van der Waals surface area contributed by atoms with E-state index in [1.807, 2.05) is 24.3 Å². The Kier molecular flexibility index (Phi) is 7.42. The van der Waals surface area contributed by atoms with Gasteiger partial charge in [0.05, 0.1) is 0 Å². The molecule has 2 unspecified atom stereocenters. The van der Waals surface area contributed by atoms with Crippen LogP contribution >= 0.6 is 11.6 Å². The summed E-state index contributed by atoms with van der Waals surface area (Å²) >= 11 is 6.00. The SMILES string of the molecule is CC1CN(c2ccc(Cl)cc2)CC(C)N1C[C@H](O)COc1ccc(NC(N)=O)cc1. The van der Waals surface area contributed by atoms with E-state index in [-0.39, 0.29) is 6.61 Å². The van der Waals surface area contributed by atoms with Gasteiger partial charge in [-0.1, -0.05) is 11.6 Å². The smallest absolute Gasteiger partial charge is 0.316 e. The lowest BCUT2D eigenvalue weighted by Crippen LogP contribution is -2.58. The zero-order chi connectivity index (χ0) is 21.7. The number of nitrogens with two attached hydrogens (primary N) is 1. The molecule has 0 saturated carbocycles. The third-order valence-corrected chi connectivity index (χ3v) is 5.53. The molecule has 4 N–H and O–H groups in total. The molecule has 1 fully saturated rings. The Balaban J connectivity index is 1.49. The number of rotatable bonds is 7. The zero-order valence-corrected chi connectivity index (χ0v) is 18.0. The third kappa shape index (κ3) is 6.01. The van der Waals surface area contributed by atoms with Crippen molar-refractivity contribution in [3.8, 4) is 5.75 Å². The van der Waals surface area contributed by atoms with E-state index in [4.69, 9.17) is 22.1 Å². The molecule has 0 aromatic heterocycles. The average molecular weight is 433 g/mol. The fraction of sp³-hybridized carbons (Fsp3) is 0.409. The summed E-state index contributed by atoms with van der Waals surface area (Å²) in [4.78, 5) is 15.5. The van der Waals surface area contributed by atoms with Crippen LogP contribution in [0.1, 0.15) is 13.8 Å². The number of hydrogen-bond donors (Lipinski definition) is 3. The zero-order valence-electron chi connectivity index (χ0n) is 17.3. The van der Waals surface area contributed by atoms with Crippen LogP contribution in [0.4, 0.5) is 16.2 Å². The van der Waals surface area contributed by atoms with Crippen molar-refractivity contribution in [2.24, 2.45) is 5.73 Å². The van der Waals surface area contributed by atoms with Crippen LogP contribution in [0.25, 0.3) is 0 Å². The number of piperazine rings is 1. The molecule has 1 aliphatic rings. The molecule has 0 bridgehead atoms. The molecule has 0 aliphatic carbocycles. The summed E-state index contributed by atoms with van der Waals surface area (Å²) < 4.78 is 5.70. The summed E-state index contributed by atoms with van der Waals surface area (Å²) in [5.41, 5.74) is 6.85. The quantitative estimate of drug-likeness (QED) is 0.625. The number of halogens is 1. The van der Waals surface area contributed by atoms with Crippen molar-refractivity contribution in [3.05, 3.63) is 53.6 Å². The second kappa shape index (κ2) is 10.0. The number of aliphatic hydroxyl groups excluding tert-OH is 1. The monoisotopic (exact) mass is 432 g/mol. The van der Waals surface area contributed by atoms with Crippen molar-refractivity contribution >= 4 is 29.0 Å². The molecular weight excluding hydrogens is 404 g/mol. The number of carbonyl (C=O) groups excluding carboxylic acids is 1. The number of hydrogen-bond acceptors (Lipinski definition) is 5. The summed E-state index contributed by atoms with van der Waals surface area (Å²) in [7, 11) is 0. The number of ether oxygens (including phenoxy) is 1. The Morgan fingerprint density at radius 3 is 2.33 bits per heavy atom. The molecule has 2 amide bonds. The molecular formula is C22H29ClN4O3. The maximum Gasteiger partial charge on any atom is 0.316 e. The molecule has 7 nitrogen and oxygen atoms in total. The molecule has 3 atom stereocenters. The van der Waals surface area contributed by atoms with Crippen molar-refractivity contribution in [1.82, 2.24) is 4.90 Å². The lowest BCUT2D eigenvalue weighted by Gasteiger charge is -2.46. The van der Waals surface area contributed by atoms with Gasteiger partial charge in [0.15, 0.2) is 0 Å². The van der Waals surface area contributed by atoms with Gasteiger partial charge < -0.3 is 25.8 Å². The van der Waals surface area contributed by atoms with E-state index in [1.54, 1.807) is 24.3 Å². The lowest BCUT2D eigenvalue weighted by molar-refractivity contribution is 0.0318. The standard InChI is InChI=1S/C22H29ClN4O3/c1-15-11-26(19-7-3-17(23)4-8-19)12-16(2)27(15)13-20(28)14-30-21-9-5-18(6-10-21)25-22(24)29/h3-10,15-16,20,28H,11-14H2,1-2H3,(H3,24,25,29)/t15?,16?,20-/m0/s1. The van der Waals surface area contributed by atoms with Crippen LogP contribution in [0.15, 0.2) is 48.5 Å². The van der Waals surface area contributed by atoms with Crippen molar-refractivity contribution in [3.63, 3.8) is 0 Å². The van der Waals surface area contributed by atoms with Crippen LogP contribution in [0.2, 0.25) is 5.02 Å². The predicted octanol–water partition coefficient (Wildman–Crippen LogP) is 3.17. The minimum Gasteiger partial charge on any atom is -0.491 e. The molecule has 162 valence electrons. The highest BCUT2D eigenvalue weighted by Gasteiger charge is 2.30. The fourth-order valence-electron chi connectivity index (χ4n) is 3.84. The average Bonchev–Trinajstić information content (AvgIpc) is 2.70. The van der Waals surface area contributed by atoms with Crippen LogP contribution < -0.4 is 20.7 Å². The van der Waals surface area contributed by atoms with Crippen molar-refractivity contribution in [1.29, 1.82) is 0 Å². The van der Waals surface area contributed by atoms with Gasteiger partial charge in [-0.3, -0.25) is 4.90 Å². The summed E-state index contributed by atoms with van der Waals surface area (Å²) in [5, 5.41) is 13.7. The Morgan fingerprint density at radius 2 is 1.77 bits per heavy atom. The first-order valence-corrected chi connectivity index (χ1v) is 10.4. The number of amides is 2. The molecule has 2 aromatic rings. The molecule has 1 saturated heterocycles. The van der Waals surface area contributed by atoms with E-state index in [0.717, 1.165) is 23.8 Å². The number of anilines is 2. The maximum atomic E-state index is 10.9.